The highest BCUT2D eigenvalue weighted by atomic mass is 32.2. The Labute approximate surface area is 146 Å². The van der Waals surface area contributed by atoms with Crippen LogP contribution in [0.2, 0.25) is 0 Å². The van der Waals surface area contributed by atoms with Crippen LogP contribution < -0.4 is 0 Å². The number of hydrogen-bond donors (Lipinski definition) is 1. The predicted molar refractivity (Wildman–Crippen MR) is 93.5 cm³/mol. The van der Waals surface area contributed by atoms with Gasteiger partial charge in [0.05, 0.1) is 0 Å². The van der Waals surface area contributed by atoms with Crippen molar-refractivity contribution in [3.8, 4) is 0 Å². The highest BCUT2D eigenvalue weighted by molar-refractivity contribution is 8.00. The first-order valence-electron chi connectivity index (χ1n) is 8.17. The van der Waals surface area contributed by atoms with Gasteiger partial charge in [-0.25, -0.2) is 4.79 Å². The molecule has 2 aromatic rings. The van der Waals surface area contributed by atoms with Crippen molar-refractivity contribution in [2.45, 2.75) is 43.4 Å². The summed E-state index contributed by atoms with van der Waals surface area (Å²) < 4.78 is 5.05. The standard InChI is InChI=1S/C18H22N2O3S/c1-12-4-3-5-15(10-12)24-14-6-8-20(9-7-14)11-16-13(2)23-19-17(16)18(21)22/h3-5,10,14H,6-9,11H2,1-2H3,(H,21,22). The molecular formula is C18H22N2O3S. The number of nitrogens with zero attached hydrogens (tertiary/aromatic N) is 2. The van der Waals surface area contributed by atoms with Gasteiger partial charge in [-0.1, -0.05) is 22.9 Å². The lowest BCUT2D eigenvalue weighted by Gasteiger charge is -2.31. The van der Waals surface area contributed by atoms with Crippen molar-refractivity contribution in [3.05, 3.63) is 46.8 Å². The molecule has 1 saturated heterocycles. The third-order valence-corrected chi connectivity index (χ3v) is 5.73. The number of carboxylic acids is 1. The maximum absolute atomic E-state index is 11.2. The molecule has 1 fully saturated rings. The predicted octanol–water partition coefficient (Wildman–Crippen LogP) is 3.75. The molecule has 0 unspecified atom stereocenters. The second kappa shape index (κ2) is 7.40. The van der Waals surface area contributed by atoms with E-state index in [4.69, 9.17) is 4.52 Å². The number of aryl methyl sites for hydroxylation is 2. The van der Waals surface area contributed by atoms with E-state index < -0.39 is 5.97 Å². The third kappa shape index (κ3) is 3.99. The van der Waals surface area contributed by atoms with Gasteiger partial charge in [-0.2, -0.15) is 0 Å². The van der Waals surface area contributed by atoms with Gasteiger partial charge in [0.15, 0.2) is 5.69 Å². The fourth-order valence-corrected chi connectivity index (χ4v) is 4.28. The lowest BCUT2D eigenvalue weighted by Crippen LogP contribution is -2.34. The monoisotopic (exact) mass is 346 g/mol. The summed E-state index contributed by atoms with van der Waals surface area (Å²) in [6.45, 7) is 6.42. The van der Waals surface area contributed by atoms with Crippen LogP contribution in [0.5, 0.6) is 0 Å². The zero-order chi connectivity index (χ0) is 17.1. The van der Waals surface area contributed by atoms with Crippen LogP contribution >= 0.6 is 11.8 Å². The van der Waals surface area contributed by atoms with Crippen molar-refractivity contribution in [2.75, 3.05) is 13.1 Å². The number of carboxylic acid groups (broad SMARTS) is 1. The smallest absolute Gasteiger partial charge is 0.358 e. The quantitative estimate of drug-likeness (QED) is 0.889. The molecule has 5 nitrogen and oxygen atoms in total. The molecule has 1 aliphatic heterocycles. The summed E-state index contributed by atoms with van der Waals surface area (Å²) in [6.07, 6.45) is 2.21. The van der Waals surface area contributed by atoms with Gasteiger partial charge in [-0.15, -0.1) is 11.8 Å². The van der Waals surface area contributed by atoms with Gasteiger partial charge < -0.3 is 9.63 Å². The first kappa shape index (κ1) is 17.0. The number of piperidine rings is 1. The Bertz CT molecular complexity index is 721. The fourth-order valence-electron chi connectivity index (χ4n) is 3.04. The van der Waals surface area contributed by atoms with Crippen molar-refractivity contribution in [1.82, 2.24) is 10.1 Å². The Morgan fingerprint density at radius 2 is 2.12 bits per heavy atom. The van der Waals surface area contributed by atoms with Crippen LogP contribution in [0, 0.1) is 13.8 Å². The summed E-state index contributed by atoms with van der Waals surface area (Å²) in [7, 11) is 0. The maximum atomic E-state index is 11.2. The largest absolute Gasteiger partial charge is 0.476 e. The van der Waals surface area contributed by atoms with Gasteiger partial charge in [-0.3, -0.25) is 4.90 Å². The van der Waals surface area contributed by atoms with Crippen LogP contribution in [-0.2, 0) is 6.54 Å². The SMILES string of the molecule is Cc1cccc(SC2CCN(Cc3c(C(=O)O)noc3C)CC2)c1. The highest BCUT2D eigenvalue weighted by Gasteiger charge is 2.25. The van der Waals surface area contributed by atoms with Crippen molar-refractivity contribution in [1.29, 1.82) is 0 Å². The highest BCUT2D eigenvalue weighted by Crippen LogP contribution is 2.31. The number of benzene rings is 1. The Hall–Kier alpha value is -1.79. The van der Waals surface area contributed by atoms with Crippen molar-refractivity contribution in [2.24, 2.45) is 0 Å². The van der Waals surface area contributed by atoms with Crippen LogP contribution in [-0.4, -0.2) is 39.5 Å². The molecule has 0 atom stereocenters. The summed E-state index contributed by atoms with van der Waals surface area (Å²) in [5.41, 5.74) is 2.04. The zero-order valence-corrected chi connectivity index (χ0v) is 14.8. The molecule has 1 aliphatic rings. The summed E-state index contributed by atoms with van der Waals surface area (Å²) in [4.78, 5) is 14.8. The molecule has 24 heavy (non-hydrogen) atoms. The minimum atomic E-state index is -1.02. The van der Waals surface area contributed by atoms with Crippen LogP contribution in [0.25, 0.3) is 0 Å². The van der Waals surface area contributed by atoms with E-state index in [9.17, 15) is 9.90 Å². The van der Waals surface area contributed by atoms with E-state index in [0.29, 0.717) is 23.1 Å². The Balaban J connectivity index is 1.56. The normalized spacial score (nSPS) is 16.4. The van der Waals surface area contributed by atoms with Gasteiger partial charge in [0.25, 0.3) is 0 Å². The first-order valence-corrected chi connectivity index (χ1v) is 9.05. The molecule has 1 aromatic heterocycles. The summed E-state index contributed by atoms with van der Waals surface area (Å²) in [5.74, 6) is -0.421. The van der Waals surface area contributed by atoms with Gasteiger partial charge in [0, 0.05) is 22.3 Å². The average Bonchev–Trinajstić information content (AvgIpc) is 2.90. The molecule has 1 aromatic carbocycles. The van der Waals surface area contributed by atoms with Crippen LogP contribution in [0.4, 0.5) is 0 Å². The zero-order valence-electron chi connectivity index (χ0n) is 14.0. The molecule has 0 spiro atoms. The number of thioether (sulfide) groups is 1. The molecule has 2 heterocycles. The van der Waals surface area contributed by atoms with E-state index >= 15 is 0 Å². The van der Waals surface area contributed by atoms with Crippen LogP contribution in [0.1, 0.15) is 40.2 Å². The molecule has 0 aliphatic carbocycles. The summed E-state index contributed by atoms with van der Waals surface area (Å²) >= 11 is 1.95. The molecule has 6 heteroatoms. The number of aromatic carboxylic acids is 1. The molecule has 0 saturated carbocycles. The Morgan fingerprint density at radius 3 is 2.79 bits per heavy atom. The molecule has 1 N–H and O–H groups in total. The van der Waals surface area contributed by atoms with Gasteiger partial charge in [-0.05, 0) is 51.9 Å². The number of carbonyl (C=O) groups is 1. The van der Waals surface area contributed by atoms with Crippen LogP contribution in [0.3, 0.4) is 0 Å². The topological polar surface area (TPSA) is 66.6 Å². The van der Waals surface area contributed by atoms with E-state index in [2.05, 4.69) is 41.2 Å². The molecule has 128 valence electrons. The lowest BCUT2D eigenvalue weighted by atomic mass is 10.1. The minimum Gasteiger partial charge on any atom is -0.476 e. The second-order valence-electron chi connectivity index (χ2n) is 6.28. The number of likely N-dealkylation sites (tertiary alicyclic amines) is 1. The number of aromatic nitrogens is 1. The summed E-state index contributed by atoms with van der Waals surface area (Å²) in [5, 5.41) is 13.5. The van der Waals surface area contributed by atoms with E-state index in [1.165, 1.54) is 10.5 Å². The van der Waals surface area contributed by atoms with Crippen molar-refractivity contribution < 1.29 is 14.4 Å². The molecule has 0 radical (unpaired) electrons. The van der Waals surface area contributed by atoms with Gasteiger partial charge >= 0.3 is 5.97 Å². The Kier molecular flexibility index (Phi) is 5.26. The van der Waals surface area contributed by atoms with Crippen molar-refractivity contribution >= 4 is 17.7 Å². The second-order valence-corrected chi connectivity index (χ2v) is 7.65. The number of rotatable bonds is 5. The van der Waals surface area contributed by atoms with E-state index in [1.54, 1.807) is 6.92 Å². The minimum absolute atomic E-state index is 0.0451. The third-order valence-electron chi connectivity index (χ3n) is 4.40. The lowest BCUT2D eigenvalue weighted by molar-refractivity contribution is 0.0683. The molecule has 0 amide bonds. The van der Waals surface area contributed by atoms with E-state index in [0.717, 1.165) is 25.9 Å². The molecule has 0 bridgehead atoms. The number of hydrogen-bond acceptors (Lipinski definition) is 5. The van der Waals surface area contributed by atoms with Gasteiger partial charge in [0.2, 0.25) is 0 Å². The fraction of sp³-hybridized carbons (Fsp3) is 0.444. The Morgan fingerprint density at radius 1 is 1.38 bits per heavy atom. The average molecular weight is 346 g/mol. The molecular weight excluding hydrogens is 324 g/mol. The first-order chi connectivity index (χ1) is 11.5. The van der Waals surface area contributed by atoms with Crippen molar-refractivity contribution in [3.63, 3.8) is 0 Å². The summed E-state index contributed by atoms with van der Waals surface area (Å²) in [6, 6.07) is 8.63. The van der Waals surface area contributed by atoms with E-state index in [1.807, 2.05) is 11.8 Å². The molecule has 3 rings (SSSR count). The van der Waals surface area contributed by atoms with E-state index in [-0.39, 0.29) is 5.69 Å². The van der Waals surface area contributed by atoms with Gasteiger partial charge in [0.1, 0.15) is 5.76 Å². The maximum Gasteiger partial charge on any atom is 0.358 e. The van der Waals surface area contributed by atoms with Crippen LogP contribution in [0.15, 0.2) is 33.7 Å².